The molecule has 0 radical (unpaired) electrons. The number of hydrogen-bond acceptors (Lipinski definition) is 5. The predicted molar refractivity (Wildman–Crippen MR) is 92.5 cm³/mol. The van der Waals surface area contributed by atoms with E-state index in [1.807, 2.05) is 0 Å². The van der Waals surface area contributed by atoms with Crippen LogP contribution in [0.1, 0.15) is 17.2 Å². The van der Waals surface area contributed by atoms with Gasteiger partial charge in [0.05, 0.1) is 4.92 Å². The van der Waals surface area contributed by atoms with Gasteiger partial charge in [0.1, 0.15) is 6.04 Å². The number of ether oxygens (including phenoxy) is 1. The molecule has 0 aromatic heterocycles. The van der Waals surface area contributed by atoms with E-state index in [1.54, 1.807) is 30.3 Å². The Bertz CT molecular complexity index is 843. The van der Waals surface area contributed by atoms with Gasteiger partial charge in [0.25, 0.3) is 5.91 Å². The van der Waals surface area contributed by atoms with Gasteiger partial charge in [0.2, 0.25) is 5.82 Å². The number of nitro benzene ring substituents is 1. The summed E-state index contributed by atoms with van der Waals surface area (Å²) in [5.41, 5.74) is -0.0226. The third kappa shape index (κ3) is 5.08. The summed E-state index contributed by atoms with van der Waals surface area (Å²) in [5.74, 6) is -3.03. The molecule has 0 aliphatic heterocycles. The first-order chi connectivity index (χ1) is 12.8. The van der Waals surface area contributed by atoms with Gasteiger partial charge >= 0.3 is 11.7 Å². The molecule has 0 aliphatic rings. The summed E-state index contributed by atoms with van der Waals surface area (Å²) in [4.78, 5) is 33.9. The molecule has 27 heavy (non-hydrogen) atoms. The second kappa shape index (κ2) is 8.86. The van der Waals surface area contributed by atoms with Crippen LogP contribution in [0, 0.1) is 15.9 Å². The van der Waals surface area contributed by atoms with E-state index in [9.17, 15) is 29.2 Å². The molecule has 2 rings (SSSR count). The standard InChI is InChI=1S/C18H17FN2O6/c1-27-16(12-5-3-2-4-6-12)17(22)20-14(18(23)24)9-11-7-8-13(19)15(10-11)21(25)26/h2-8,10,14,16H,9H2,1H3,(H,20,22)(H,23,24)/t14-,16+/m1/s1. The normalized spacial score (nSPS) is 12.8. The molecule has 0 spiro atoms. The number of halogens is 1. The number of carbonyl (C=O) groups is 2. The zero-order chi connectivity index (χ0) is 20.0. The number of nitro groups is 1. The number of nitrogens with one attached hydrogen (secondary N) is 1. The van der Waals surface area contributed by atoms with Crippen LogP contribution in [-0.2, 0) is 20.7 Å². The highest BCUT2D eigenvalue weighted by Gasteiger charge is 2.27. The summed E-state index contributed by atoms with van der Waals surface area (Å²) in [6.07, 6.45) is -1.27. The van der Waals surface area contributed by atoms with Crippen molar-refractivity contribution in [2.45, 2.75) is 18.6 Å². The average Bonchev–Trinajstić information content (AvgIpc) is 2.63. The van der Waals surface area contributed by atoms with E-state index in [1.165, 1.54) is 13.2 Å². The Balaban J connectivity index is 2.18. The van der Waals surface area contributed by atoms with Crippen molar-refractivity contribution in [1.82, 2.24) is 5.32 Å². The molecule has 0 saturated carbocycles. The SMILES string of the molecule is CO[C@H](C(=O)N[C@H](Cc1ccc(F)c([N+](=O)[O-])c1)C(=O)O)c1ccccc1. The van der Waals surface area contributed by atoms with E-state index in [-0.39, 0.29) is 12.0 Å². The number of benzene rings is 2. The fourth-order valence-corrected chi connectivity index (χ4v) is 2.53. The van der Waals surface area contributed by atoms with Gasteiger partial charge in [-0.1, -0.05) is 36.4 Å². The van der Waals surface area contributed by atoms with Crippen molar-refractivity contribution in [1.29, 1.82) is 0 Å². The van der Waals surface area contributed by atoms with Crippen LogP contribution in [0.4, 0.5) is 10.1 Å². The molecule has 2 aromatic carbocycles. The van der Waals surface area contributed by atoms with E-state index < -0.39 is 40.5 Å². The predicted octanol–water partition coefficient (Wildman–Crippen LogP) is 2.23. The molecule has 0 aliphatic carbocycles. The lowest BCUT2D eigenvalue weighted by Crippen LogP contribution is -2.44. The quantitative estimate of drug-likeness (QED) is 0.539. The van der Waals surface area contributed by atoms with Crippen LogP contribution in [-0.4, -0.2) is 35.1 Å². The van der Waals surface area contributed by atoms with Crippen molar-refractivity contribution in [3.8, 4) is 0 Å². The van der Waals surface area contributed by atoms with Gasteiger partial charge in [-0.25, -0.2) is 4.79 Å². The molecule has 0 bridgehead atoms. The Hall–Kier alpha value is -3.33. The van der Waals surface area contributed by atoms with Gasteiger partial charge in [-0.15, -0.1) is 0 Å². The van der Waals surface area contributed by atoms with Gasteiger partial charge in [-0.05, 0) is 17.2 Å². The Morgan fingerprint density at radius 3 is 2.48 bits per heavy atom. The van der Waals surface area contributed by atoms with Crippen LogP contribution in [0.5, 0.6) is 0 Å². The molecular formula is C18H17FN2O6. The fourth-order valence-electron chi connectivity index (χ4n) is 2.53. The highest BCUT2D eigenvalue weighted by Crippen LogP contribution is 2.20. The zero-order valence-electron chi connectivity index (χ0n) is 14.3. The van der Waals surface area contributed by atoms with Gasteiger partial charge in [0.15, 0.2) is 6.10 Å². The fraction of sp³-hybridized carbons (Fsp3) is 0.222. The molecule has 0 unspecified atom stereocenters. The maximum Gasteiger partial charge on any atom is 0.326 e. The van der Waals surface area contributed by atoms with Crippen LogP contribution in [0.15, 0.2) is 48.5 Å². The largest absolute Gasteiger partial charge is 0.480 e. The monoisotopic (exact) mass is 376 g/mol. The smallest absolute Gasteiger partial charge is 0.326 e. The highest BCUT2D eigenvalue weighted by atomic mass is 19.1. The van der Waals surface area contributed by atoms with Crippen molar-refractivity contribution in [2.24, 2.45) is 0 Å². The van der Waals surface area contributed by atoms with Gasteiger partial charge in [-0.3, -0.25) is 14.9 Å². The maximum atomic E-state index is 13.4. The molecule has 8 nitrogen and oxygen atoms in total. The first kappa shape index (κ1) is 20.0. The van der Waals surface area contributed by atoms with E-state index in [0.29, 0.717) is 5.56 Å². The Kier molecular flexibility index (Phi) is 6.56. The number of hydrogen-bond donors (Lipinski definition) is 2. The molecule has 9 heteroatoms. The molecule has 0 saturated heterocycles. The minimum atomic E-state index is -1.37. The number of amides is 1. The maximum absolute atomic E-state index is 13.4. The lowest BCUT2D eigenvalue weighted by molar-refractivity contribution is -0.387. The molecular weight excluding hydrogens is 359 g/mol. The zero-order valence-corrected chi connectivity index (χ0v) is 14.3. The van der Waals surface area contributed by atoms with E-state index >= 15 is 0 Å². The van der Waals surface area contributed by atoms with E-state index in [4.69, 9.17) is 4.74 Å². The second-order valence-corrected chi connectivity index (χ2v) is 5.67. The number of carboxylic acids is 1. The Morgan fingerprint density at radius 2 is 1.93 bits per heavy atom. The Morgan fingerprint density at radius 1 is 1.26 bits per heavy atom. The average molecular weight is 376 g/mol. The first-order valence-electron chi connectivity index (χ1n) is 7.87. The number of carboxylic acid groups (broad SMARTS) is 1. The molecule has 0 fully saturated rings. The minimum Gasteiger partial charge on any atom is -0.480 e. The number of methoxy groups -OCH3 is 1. The van der Waals surface area contributed by atoms with Crippen molar-refractivity contribution in [2.75, 3.05) is 7.11 Å². The van der Waals surface area contributed by atoms with Crippen LogP contribution in [0.3, 0.4) is 0 Å². The minimum absolute atomic E-state index is 0.199. The lowest BCUT2D eigenvalue weighted by Gasteiger charge is -2.20. The first-order valence-corrected chi connectivity index (χ1v) is 7.87. The van der Waals surface area contributed by atoms with Gasteiger partial charge in [-0.2, -0.15) is 4.39 Å². The number of nitrogens with zero attached hydrogens (tertiary/aromatic N) is 1. The van der Waals surface area contributed by atoms with Crippen LogP contribution in [0.2, 0.25) is 0 Å². The summed E-state index contributed by atoms with van der Waals surface area (Å²) in [6, 6.07) is 10.2. The summed E-state index contributed by atoms with van der Waals surface area (Å²) < 4.78 is 18.6. The molecule has 2 atom stereocenters. The summed E-state index contributed by atoms with van der Waals surface area (Å²) in [7, 11) is 1.32. The van der Waals surface area contributed by atoms with E-state index in [2.05, 4.69) is 5.32 Å². The third-order valence-corrected chi connectivity index (χ3v) is 3.84. The van der Waals surface area contributed by atoms with Crippen LogP contribution in [0.25, 0.3) is 0 Å². The molecule has 2 aromatic rings. The van der Waals surface area contributed by atoms with Gasteiger partial charge < -0.3 is 15.2 Å². The Labute approximate surface area is 153 Å². The molecule has 1 amide bonds. The third-order valence-electron chi connectivity index (χ3n) is 3.84. The molecule has 0 heterocycles. The summed E-state index contributed by atoms with van der Waals surface area (Å²) in [5, 5.41) is 22.5. The van der Waals surface area contributed by atoms with Crippen LogP contribution >= 0.6 is 0 Å². The van der Waals surface area contributed by atoms with E-state index in [0.717, 1.165) is 12.1 Å². The van der Waals surface area contributed by atoms with Crippen molar-refractivity contribution >= 4 is 17.6 Å². The number of aliphatic carboxylic acids is 1. The van der Waals surface area contributed by atoms with Crippen LogP contribution < -0.4 is 5.32 Å². The number of rotatable bonds is 8. The van der Waals surface area contributed by atoms with Crippen molar-refractivity contribution < 1.29 is 28.7 Å². The number of carbonyl (C=O) groups excluding carboxylic acids is 1. The molecule has 142 valence electrons. The molecule has 2 N–H and O–H groups in total. The summed E-state index contributed by atoms with van der Waals surface area (Å²) >= 11 is 0. The van der Waals surface area contributed by atoms with Crippen molar-refractivity contribution in [3.63, 3.8) is 0 Å². The highest BCUT2D eigenvalue weighted by molar-refractivity contribution is 5.87. The van der Waals surface area contributed by atoms with Gasteiger partial charge in [0, 0.05) is 19.6 Å². The second-order valence-electron chi connectivity index (χ2n) is 5.67. The topological polar surface area (TPSA) is 119 Å². The lowest BCUT2D eigenvalue weighted by atomic mass is 10.0. The van der Waals surface area contributed by atoms with Crippen molar-refractivity contribution in [3.05, 3.63) is 75.6 Å². The summed E-state index contributed by atoms with van der Waals surface area (Å²) in [6.45, 7) is 0.